The Balaban J connectivity index is 1.35. The number of carbonyl (C=O) groups is 1. The monoisotopic (exact) mass is 424 g/mol. The molecule has 0 atom stereocenters. The van der Waals surface area contributed by atoms with E-state index in [9.17, 15) is 18.0 Å². The van der Waals surface area contributed by atoms with Crippen LogP contribution in [0.3, 0.4) is 0 Å². The zero-order valence-corrected chi connectivity index (χ0v) is 15.9. The third-order valence-corrected chi connectivity index (χ3v) is 4.37. The van der Waals surface area contributed by atoms with Gasteiger partial charge in [0.1, 0.15) is 17.3 Å². The second-order valence-electron chi connectivity index (χ2n) is 6.59. The minimum atomic E-state index is -1.02. The number of nitrogens with one attached hydrogen (secondary N) is 1. The lowest BCUT2D eigenvalue weighted by molar-refractivity contribution is 0.0942. The maximum absolute atomic E-state index is 13.4. The molecule has 1 N–H and O–H groups in total. The van der Waals surface area contributed by atoms with Crippen LogP contribution in [0.5, 0.6) is 11.5 Å². The summed E-state index contributed by atoms with van der Waals surface area (Å²) in [6.45, 7) is 0.225. The number of carbonyl (C=O) groups excluding carboxylic acids is 1. The molecule has 8 heteroatoms. The van der Waals surface area contributed by atoms with Crippen molar-refractivity contribution in [3.63, 3.8) is 0 Å². The van der Waals surface area contributed by atoms with Gasteiger partial charge in [-0.1, -0.05) is 17.3 Å². The molecule has 0 aliphatic rings. The lowest BCUT2D eigenvalue weighted by Gasteiger charge is -2.07. The van der Waals surface area contributed by atoms with E-state index in [2.05, 4.69) is 10.5 Å². The maximum atomic E-state index is 13.4. The molecule has 4 rings (SSSR count). The number of amides is 1. The van der Waals surface area contributed by atoms with Crippen LogP contribution < -0.4 is 10.1 Å². The van der Waals surface area contributed by atoms with E-state index in [0.29, 0.717) is 11.5 Å². The van der Waals surface area contributed by atoms with Crippen molar-refractivity contribution in [2.24, 2.45) is 0 Å². The number of aromatic nitrogens is 1. The highest BCUT2D eigenvalue weighted by Gasteiger charge is 2.15. The number of nitrogens with zero attached hydrogens (tertiary/aromatic N) is 1. The number of rotatable bonds is 6. The highest BCUT2D eigenvalue weighted by Crippen LogP contribution is 2.23. The van der Waals surface area contributed by atoms with Crippen LogP contribution in [0.15, 0.2) is 77.3 Å². The fraction of sp³-hybridized carbons (Fsp3) is 0.0435. The Morgan fingerprint density at radius 2 is 1.55 bits per heavy atom. The third-order valence-electron chi connectivity index (χ3n) is 4.37. The van der Waals surface area contributed by atoms with E-state index >= 15 is 0 Å². The van der Waals surface area contributed by atoms with Crippen LogP contribution in [0.4, 0.5) is 13.2 Å². The van der Waals surface area contributed by atoms with Crippen molar-refractivity contribution in [2.75, 3.05) is 0 Å². The van der Waals surface area contributed by atoms with Crippen molar-refractivity contribution >= 4 is 5.91 Å². The molecular weight excluding hydrogens is 409 g/mol. The van der Waals surface area contributed by atoms with Crippen molar-refractivity contribution in [2.45, 2.75) is 6.54 Å². The molecular formula is C23H15F3N2O3. The second kappa shape index (κ2) is 8.74. The van der Waals surface area contributed by atoms with Gasteiger partial charge in [-0.2, -0.15) is 0 Å². The summed E-state index contributed by atoms with van der Waals surface area (Å²) >= 11 is 0. The number of ether oxygens (including phenoxy) is 1. The minimum absolute atomic E-state index is 0.0102. The van der Waals surface area contributed by atoms with Crippen LogP contribution >= 0.6 is 0 Å². The van der Waals surface area contributed by atoms with Gasteiger partial charge in [-0.05, 0) is 60.2 Å². The van der Waals surface area contributed by atoms with Crippen LogP contribution in [0, 0.1) is 17.5 Å². The van der Waals surface area contributed by atoms with E-state index in [1.54, 1.807) is 24.3 Å². The Kier molecular flexibility index (Phi) is 5.70. The standard InChI is InChI=1S/C23H15F3N2O3/c24-16-4-8-18(9-5-16)30-17-6-1-14(2-7-17)13-27-23(29)21-12-22(31-28-21)15-3-10-19(25)20(26)11-15/h1-12H,13H2,(H,27,29). The summed E-state index contributed by atoms with van der Waals surface area (Å²) < 4.78 is 50.0. The van der Waals surface area contributed by atoms with Gasteiger partial charge in [0, 0.05) is 18.2 Å². The lowest BCUT2D eigenvalue weighted by Crippen LogP contribution is -2.22. The molecule has 1 heterocycles. The van der Waals surface area contributed by atoms with Gasteiger partial charge < -0.3 is 14.6 Å². The molecule has 3 aromatic carbocycles. The molecule has 1 aromatic heterocycles. The molecule has 0 fully saturated rings. The number of hydrogen-bond acceptors (Lipinski definition) is 4. The molecule has 0 aliphatic heterocycles. The normalized spacial score (nSPS) is 10.7. The van der Waals surface area contributed by atoms with Gasteiger partial charge in [-0.3, -0.25) is 4.79 Å². The van der Waals surface area contributed by atoms with E-state index in [1.807, 2.05) is 0 Å². The highest BCUT2D eigenvalue weighted by molar-refractivity contribution is 5.93. The summed E-state index contributed by atoms with van der Waals surface area (Å²) in [5, 5.41) is 6.37. The van der Waals surface area contributed by atoms with E-state index in [-0.39, 0.29) is 29.4 Å². The van der Waals surface area contributed by atoms with Crippen LogP contribution in [0.2, 0.25) is 0 Å². The van der Waals surface area contributed by atoms with E-state index in [4.69, 9.17) is 9.26 Å². The molecule has 0 spiro atoms. The number of hydrogen-bond donors (Lipinski definition) is 1. The molecule has 0 saturated carbocycles. The summed E-state index contributed by atoms with van der Waals surface area (Å²) in [5.41, 5.74) is 1.09. The van der Waals surface area contributed by atoms with Gasteiger partial charge >= 0.3 is 0 Å². The summed E-state index contributed by atoms with van der Waals surface area (Å²) in [7, 11) is 0. The van der Waals surface area contributed by atoms with Gasteiger partial charge in [-0.15, -0.1) is 0 Å². The Labute approximate surface area is 175 Å². The van der Waals surface area contributed by atoms with E-state index < -0.39 is 17.5 Å². The van der Waals surface area contributed by atoms with Crippen LogP contribution in [-0.2, 0) is 6.54 Å². The van der Waals surface area contributed by atoms with Crippen molar-refractivity contribution in [3.05, 3.63) is 102 Å². The van der Waals surface area contributed by atoms with Gasteiger partial charge in [0.25, 0.3) is 5.91 Å². The average Bonchev–Trinajstić information content (AvgIpc) is 3.27. The Hall–Kier alpha value is -4.07. The third kappa shape index (κ3) is 4.92. The van der Waals surface area contributed by atoms with Crippen molar-refractivity contribution in [3.8, 4) is 22.8 Å². The van der Waals surface area contributed by atoms with Gasteiger partial charge in [0.15, 0.2) is 23.1 Å². The van der Waals surface area contributed by atoms with Crippen LogP contribution in [0.25, 0.3) is 11.3 Å². The predicted octanol–water partition coefficient (Wildman–Crippen LogP) is 5.48. The largest absolute Gasteiger partial charge is 0.457 e. The first kappa shape index (κ1) is 20.2. The quantitative estimate of drug-likeness (QED) is 0.445. The first-order valence-electron chi connectivity index (χ1n) is 9.20. The molecule has 0 saturated heterocycles. The van der Waals surface area contributed by atoms with Crippen LogP contribution in [0.1, 0.15) is 16.1 Å². The van der Waals surface area contributed by atoms with Crippen molar-refractivity contribution in [1.82, 2.24) is 10.5 Å². The van der Waals surface area contributed by atoms with E-state index in [1.165, 1.54) is 36.4 Å². The fourth-order valence-electron chi connectivity index (χ4n) is 2.75. The molecule has 0 unspecified atom stereocenters. The highest BCUT2D eigenvalue weighted by atomic mass is 19.2. The summed E-state index contributed by atoms with van der Waals surface area (Å²) in [6.07, 6.45) is 0. The van der Waals surface area contributed by atoms with Crippen molar-refractivity contribution < 1.29 is 27.2 Å². The molecule has 0 bridgehead atoms. The smallest absolute Gasteiger partial charge is 0.273 e. The SMILES string of the molecule is O=C(NCc1ccc(Oc2ccc(F)cc2)cc1)c1cc(-c2ccc(F)c(F)c2)on1. The average molecular weight is 424 g/mol. The molecule has 31 heavy (non-hydrogen) atoms. The Bertz CT molecular complexity index is 1210. The summed E-state index contributed by atoms with van der Waals surface area (Å²) in [5.74, 6) is -1.61. The first-order chi connectivity index (χ1) is 15.0. The van der Waals surface area contributed by atoms with Gasteiger partial charge in [0.05, 0.1) is 0 Å². The number of halogens is 3. The van der Waals surface area contributed by atoms with Crippen LogP contribution in [-0.4, -0.2) is 11.1 Å². The maximum Gasteiger partial charge on any atom is 0.273 e. The second-order valence-corrected chi connectivity index (χ2v) is 6.59. The predicted molar refractivity (Wildman–Crippen MR) is 106 cm³/mol. The summed E-state index contributed by atoms with van der Waals surface area (Å²) in [4.78, 5) is 12.3. The molecule has 0 aliphatic carbocycles. The Morgan fingerprint density at radius 1 is 0.871 bits per heavy atom. The minimum Gasteiger partial charge on any atom is -0.457 e. The van der Waals surface area contributed by atoms with Crippen molar-refractivity contribution in [1.29, 1.82) is 0 Å². The Morgan fingerprint density at radius 3 is 2.23 bits per heavy atom. The topological polar surface area (TPSA) is 64.4 Å². The molecule has 0 radical (unpaired) electrons. The zero-order chi connectivity index (χ0) is 21.8. The first-order valence-corrected chi connectivity index (χ1v) is 9.20. The summed E-state index contributed by atoms with van der Waals surface area (Å²) in [6, 6.07) is 17.3. The molecule has 5 nitrogen and oxygen atoms in total. The van der Waals surface area contributed by atoms with Gasteiger partial charge in [-0.25, -0.2) is 13.2 Å². The molecule has 4 aromatic rings. The fourth-order valence-corrected chi connectivity index (χ4v) is 2.75. The van der Waals surface area contributed by atoms with E-state index in [0.717, 1.165) is 17.7 Å². The lowest BCUT2D eigenvalue weighted by atomic mass is 10.1. The molecule has 156 valence electrons. The molecule has 1 amide bonds. The van der Waals surface area contributed by atoms with Gasteiger partial charge in [0.2, 0.25) is 0 Å². The number of benzene rings is 3. The zero-order valence-electron chi connectivity index (χ0n) is 15.9.